The van der Waals surface area contributed by atoms with Gasteiger partial charge in [0.1, 0.15) is 6.42 Å². The van der Waals surface area contributed by atoms with E-state index in [1.54, 1.807) is 30.3 Å². The minimum atomic E-state index is -0.399. The number of hydrogen-bond donors (Lipinski definition) is 2. The quantitative estimate of drug-likeness (QED) is 0.772. The van der Waals surface area contributed by atoms with E-state index in [-0.39, 0.29) is 12.3 Å². The molecule has 4 nitrogen and oxygen atoms in total. The van der Waals surface area contributed by atoms with Crippen molar-refractivity contribution < 1.29 is 9.59 Å². The molecule has 22 heavy (non-hydrogen) atoms. The maximum atomic E-state index is 11.9. The Kier molecular flexibility index (Phi) is 5.57. The van der Waals surface area contributed by atoms with Gasteiger partial charge in [-0.1, -0.05) is 29.8 Å². The van der Waals surface area contributed by atoms with E-state index in [0.717, 1.165) is 10.0 Å². The average molecular weight is 382 g/mol. The fourth-order valence-electron chi connectivity index (χ4n) is 1.78. The van der Waals surface area contributed by atoms with Crippen LogP contribution in [0.1, 0.15) is 12.0 Å². The summed E-state index contributed by atoms with van der Waals surface area (Å²) in [4.78, 5) is 23.7. The van der Waals surface area contributed by atoms with E-state index in [4.69, 9.17) is 11.6 Å². The molecule has 0 aliphatic heterocycles. The zero-order valence-corrected chi connectivity index (χ0v) is 14.2. The van der Waals surface area contributed by atoms with E-state index in [1.165, 1.54) is 0 Å². The molecule has 114 valence electrons. The van der Waals surface area contributed by atoms with Crippen molar-refractivity contribution in [1.29, 1.82) is 0 Å². The molecule has 2 amide bonds. The van der Waals surface area contributed by atoms with Crippen LogP contribution in [0.4, 0.5) is 11.4 Å². The molecule has 0 fully saturated rings. The number of carbonyl (C=O) groups excluding carboxylic acids is 2. The monoisotopic (exact) mass is 380 g/mol. The average Bonchev–Trinajstić information content (AvgIpc) is 2.45. The fraction of sp³-hybridized carbons (Fsp3) is 0.125. The Morgan fingerprint density at radius 1 is 1.09 bits per heavy atom. The molecule has 2 rings (SSSR count). The fourth-order valence-corrected chi connectivity index (χ4v) is 2.34. The van der Waals surface area contributed by atoms with Crippen LogP contribution in [-0.4, -0.2) is 11.8 Å². The number of rotatable bonds is 4. The third kappa shape index (κ3) is 4.58. The number of nitrogens with one attached hydrogen (secondary N) is 2. The highest BCUT2D eigenvalue weighted by atomic mass is 79.9. The predicted octanol–water partition coefficient (Wildman–Crippen LogP) is 4.38. The SMILES string of the molecule is Cc1ccc(NC(=O)CC(=O)Nc2ccccc2Br)cc1Cl. The lowest BCUT2D eigenvalue weighted by molar-refractivity contribution is -0.123. The van der Waals surface area contributed by atoms with E-state index in [2.05, 4.69) is 26.6 Å². The van der Waals surface area contributed by atoms with Crippen LogP contribution in [0.15, 0.2) is 46.9 Å². The third-order valence-corrected chi connectivity index (χ3v) is 4.02. The molecule has 0 saturated carbocycles. The third-order valence-electron chi connectivity index (χ3n) is 2.92. The summed E-state index contributed by atoms with van der Waals surface area (Å²) in [6, 6.07) is 12.4. The standard InChI is InChI=1S/C16H14BrClN2O2/c1-10-6-7-11(8-13(10)18)19-15(21)9-16(22)20-14-5-3-2-4-12(14)17/h2-8H,9H2,1H3,(H,19,21)(H,20,22). The van der Waals surface area contributed by atoms with Crippen LogP contribution >= 0.6 is 27.5 Å². The predicted molar refractivity (Wildman–Crippen MR) is 92.2 cm³/mol. The number of para-hydroxylation sites is 1. The van der Waals surface area contributed by atoms with Gasteiger partial charge in [0, 0.05) is 15.2 Å². The molecule has 2 N–H and O–H groups in total. The van der Waals surface area contributed by atoms with Crippen molar-refractivity contribution in [1.82, 2.24) is 0 Å². The highest BCUT2D eigenvalue weighted by Gasteiger charge is 2.11. The van der Waals surface area contributed by atoms with Crippen LogP contribution < -0.4 is 10.6 Å². The minimum absolute atomic E-state index is 0.271. The van der Waals surface area contributed by atoms with Crippen molar-refractivity contribution in [3.63, 3.8) is 0 Å². The Bertz CT molecular complexity index is 719. The second kappa shape index (κ2) is 7.42. The number of anilines is 2. The smallest absolute Gasteiger partial charge is 0.233 e. The van der Waals surface area contributed by atoms with Crippen molar-refractivity contribution in [2.45, 2.75) is 13.3 Å². The second-order valence-electron chi connectivity index (χ2n) is 4.72. The lowest BCUT2D eigenvalue weighted by Crippen LogP contribution is -2.21. The second-order valence-corrected chi connectivity index (χ2v) is 5.98. The maximum absolute atomic E-state index is 11.9. The Balaban J connectivity index is 1.92. The molecule has 2 aromatic rings. The molecule has 0 aliphatic rings. The van der Waals surface area contributed by atoms with Gasteiger partial charge in [0.05, 0.1) is 5.69 Å². The topological polar surface area (TPSA) is 58.2 Å². The van der Waals surface area contributed by atoms with Gasteiger partial charge < -0.3 is 10.6 Å². The van der Waals surface area contributed by atoms with Crippen LogP contribution in [0.2, 0.25) is 5.02 Å². The van der Waals surface area contributed by atoms with Crippen molar-refractivity contribution in [3.05, 3.63) is 57.5 Å². The Morgan fingerprint density at radius 3 is 2.45 bits per heavy atom. The summed E-state index contributed by atoms with van der Waals surface area (Å²) in [5.74, 6) is -0.785. The van der Waals surface area contributed by atoms with Gasteiger partial charge in [-0.15, -0.1) is 0 Å². The molecule has 2 aromatic carbocycles. The van der Waals surface area contributed by atoms with Gasteiger partial charge in [0.15, 0.2) is 0 Å². The zero-order valence-electron chi connectivity index (χ0n) is 11.8. The van der Waals surface area contributed by atoms with Crippen molar-refractivity contribution in [2.24, 2.45) is 0 Å². The summed E-state index contributed by atoms with van der Waals surface area (Å²) in [5.41, 5.74) is 2.11. The largest absolute Gasteiger partial charge is 0.326 e. The molecule has 0 aliphatic carbocycles. The number of halogens is 2. The maximum Gasteiger partial charge on any atom is 0.233 e. The number of carbonyl (C=O) groups is 2. The number of aryl methyl sites for hydroxylation is 1. The first-order valence-corrected chi connectivity index (χ1v) is 7.73. The normalized spacial score (nSPS) is 10.1. The molecular formula is C16H14BrClN2O2. The molecule has 0 saturated heterocycles. The summed E-state index contributed by atoms with van der Waals surface area (Å²) in [6.45, 7) is 1.87. The first-order chi connectivity index (χ1) is 10.5. The molecule has 0 unspecified atom stereocenters. The molecule has 0 atom stereocenters. The van der Waals surface area contributed by atoms with Crippen LogP contribution in [0.25, 0.3) is 0 Å². The number of amides is 2. The molecule has 0 bridgehead atoms. The van der Waals surface area contributed by atoms with Crippen LogP contribution in [-0.2, 0) is 9.59 Å². The van der Waals surface area contributed by atoms with E-state index < -0.39 is 5.91 Å². The zero-order chi connectivity index (χ0) is 16.1. The summed E-state index contributed by atoms with van der Waals surface area (Å²) >= 11 is 9.32. The van der Waals surface area contributed by atoms with Crippen LogP contribution in [0.5, 0.6) is 0 Å². The van der Waals surface area contributed by atoms with Crippen LogP contribution in [0.3, 0.4) is 0 Å². The molecular weight excluding hydrogens is 368 g/mol. The van der Waals surface area contributed by atoms with E-state index in [9.17, 15) is 9.59 Å². The van der Waals surface area contributed by atoms with Gasteiger partial charge >= 0.3 is 0 Å². The molecule has 0 aromatic heterocycles. The summed E-state index contributed by atoms with van der Waals surface area (Å²) in [5, 5.41) is 5.89. The van der Waals surface area contributed by atoms with Crippen molar-refractivity contribution in [2.75, 3.05) is 10.6 Å². The lowest BCUT2D eigenvalue weighted by Gasteiger charge is -2.08. The van der Waals surface area contributed by atoms with Gasteiger partial charge in [-0.25, -0.2) is 0 Å². The number of hydrogen-bond acceptors (Lipinski definition) is 2. The highest BCUT2D eigenvalue weighted by molar-refractivity contribution is 9.10. The summed E-state index contributed by atoms with van der Waals surface area (Å²) in [7, 11) is 0. The lowest BCUT2D eigenvalue weighted by atomic mass is 10.2. The van der Waals surface area contributed by atoms with E-state index >= 15 is 0 Å². The molecule has 0 spiro atoms. The Hall–Kier alpha value is -1.85. The van der Waals surface area contributed by atoms with E-state index in [0.29, 0.717) is 16.4 Å². The first kappa shape index (κ1) is 16.5. The number of benzene rings is 2. The van der Waals surface area contributed by atoms with Gasteiger partial charge in [-0.2, -0.15) is 0 Å². The summed E-state index contributed by atoms with van der Waals surface area (Å²) in [6.07, 6.45) is -0.271. The van der Waals surface area contributed by atoms with Gasteiger partial charge in [-0.05, 0) is 52.7 Å². The van der Waals surface area contributed by atoms with E-state index in [1.807, 2.05) is 19.1 Å². The van der Waals surface area contributed by atoms with Crippen LogP contribution in [0, 0.1) is 6.92 Å². The molecule has 0 radical (unpaired) electrons. The first-order valence-electron chi connectivity index (χ1n) is 6.56. The van der Waals surface area contributed by atoms with Gasteiger partial charge in [0.25, 0.3) is 0 Å². The Morgan fingerprint density at radius 2 is 1.77 bits per heavy atom. The highest BCUT2D eigenvalue weighted by Crippen LogP contribution is 2.22. The Labute approximate surface area is 142 Å². The molecule has 0 heterocycles. The molecule has 6 heteroatoms. The van der Waals surface area contributed by atoms with Crippen molar-refractivity contribution >= 4 is 50.7 Å². The van der Waals surface area contributed by atoms with Gasteiger partial charge in [0.2, 0.25) is 11.8 Å². The van der Waals surface area contributed by atoms with Crippen molar-refractivity contribution in [3.8, 4) is 0 Å². The van der Waals surface area contributed by atoms with Gasteiger partial charge in [-0.3, -0.25) is 9.59 Å². The summed E-state index contributed by atoms with van der Waals surface area (Å²) < 4.78 is 0.758. The minimum Gasteiger partial charge on any atom is -0.326 e.